The monoisotopic (exact) mass is 624 g/mol. The molecule has 0 aliphatic carbocycles. The minimum absolute atomic E-state index is 0.0874. The molecule has 9 nitrogen and oxygen atoms in total. The third kappa shape index (κ3) is 9.73. The first-order chi connectivity index (χ1) is 21.8. The summed E-state index contributed by atoms with van der Waals surface area (Å²) in [7, 11) is 3.29. The van der Waals surface area contributed by atoms with Crippen LogP contribution in [0, 0.1) is 0 Å². The van der Waals surface area contributed by atoms with Crippen LogP contribution in [-0.4, -0.2) is 70.5 Å². The van der Waals surface area contributed by atoms with Crippen LogP contribution in [0.2, 0.25) is 0 Å². The average molecular weight is 625 g/mol. The van der Waals surface area contributed by atoms with Crippen LogP contribution in [0.4, 0.5) is 0 Å². The highest BCUT2D eigenvalue weighted by molar-refractivity contribution is 5.27. The van der Waals surface area contributed by atoms with Gasteiger partial charge in [-0.1, -0.05) is 54.6 Å². The largest absolute Gasteiger partial charge is 0.497 e. The highest BCUT2D eigenvalue weighted by Crippen LogP contribution is 2.37. The van der Waals surface area contributed by atoms with E-state index in [1.165, 1.54) is 0 Å². The summed E-state index contributed by atoms with van der Waals surface area (Å²) in [6.07, 6.45) is -2.08. The smallest absolute Gasteiger partial charge is 0.191 e. The summed E-state index contributed by atoms with van der Waals surface area (Å²) in [5, 5.41) is 0. The molecule has 4 rings (SSSR count). The zero-order valence-corrected chi connectivity index (χ0v) is 27.4. The maximum absolute atomic E-state index is 6.95. The molecule has 1 fully saturated rings. The van der Waals surface area contributed by atoms with E-state index >= 15 is 0 Å². The Hall–Kier alpha value is -3.02. The number of hydrogen-bond acceptors (Lipinski definition) is 9. The number of hydrogen-bond donors (Lipinski definition) is 0. The van der Waals surface area contributed by atoms with Gasteiger partial charge in [0.2, 0.25) is 0 Å². The van der Waals surface area contributed by atoms with E-state index in [2.05, 4.69) is 0 Å². The molecule has 0 spiro atoms. The Kier molecular flexibility index (Phi) is 13.2. The topological polar surface area (TPSA) is 83.1 Å². The van der Waals surface area contributed by atoms with E-state index in [9.17, 15) is 0 Å². The van der Waals surface area contributed by atoms with Crippen molar-refractivity contribution >= 4 is 0 Å². The van der Waals surface area contributed by atoms with Gasteiger partial charge in [-0.05, 0) is 68.7 Å². The molecule has 3 atom stereocenters. The summed E-state index contributed by atoms with van der Waals surface area (Å²) in [6, 6.07) is 25.5. The molecule has 1 saturated heterocycles. The summed E-state index contributed by atoms with van der Waals surface area (Å²) in [5.74, 6) is 0.735. The zero-order valence-electron chi connectivity index (χ0n) is 27.4. The SMILES string of the molecule is CCOC(OCC)[C@@](COCc1ccc(OC)cc1)(OCc1ccccc1)[C@H](OCc1ccc(OC)cc1)[C@H]1COC(C)(C)O1. The van der Waals surface area contributed by atoms with Gasteiger partial charge in [0, 0.05) is 13.2 Å². The highest BCUT2D eigenvalue weighted by atomic mass is 16.8. The second-order valence-electron chi connectivity index (χ2n) is 11.3. The predicted octanol–water partition coefficient (Wildman–Crippen LogP) is 6.31. The van der Waals surface area contributed by atoms with Crippen molar-refractivity contribution in [2.45, 2.75) is 77.4 Å². The van der Waals surface area contributed by atoms with Gasteiger partial charge in [0.15, 0.2) is 17.7 Å². The molecule has 9 heteroatoms. The van der Waals surface area contributed by atoms with E-state index in [4.69, 9.17) is 42.6 Å². The van der Waals surface area contributed by atoms with Crippen molar-refractivity contribution in [3.8, 4) is 11.5 Å². The summed E-state index contributed by atoms with van der Waals surface area (Å²) >= 11 is 0. The Balaban J connectivity index is 1.73. The number of ether oxygens (including phenoxy) is 9. The second kappa shape index (κ2) is 17.1. The van der Waals surface area contributed by atoms with E-state index in [0.29, 0.717) is 26.4 Å². The third-order valence-corrected chi connectivity index (χ3v) is 7.58. The molecule has 3 aromatic rings. The van der Waals surface area contributed by atoms with E-state index in [1.807, 2.05) is 107 Å². The fourth-order valence-corrected chi connectivity index (χ4v) is 5.29. The molecule has 0 saturated carbocycles. The first-order valence-corrected chi connectivity index (χ1v) is 15.5. The van der Waals surface area contributed by atoms with Gasteiger partial charge < -0.3 is 42.6 Å². The Labute approximate surface area is 267 Å². The Morgan fingerprint density at radius 1 is 0.733 bits per heavy atom. The van der Waals surface area contributed by atoms with Gasteiger partial charge in [-0.25, -0.2) is 0 Å². The van der Waals surface area contributed by atoms with E-state index in [1.54, 1.807) is 14.2 Å². The van der Waals surface area contributed by atoms with E-state index in [0.717, 1.165) is 28.2 Å². The second-order valence-corrected chi connectivity index (χ2v) is 11.3. The molecular formula is C36H48O9. The molecule has 0 bridgehead atoms. The number of benzene rings is 3. The third-order valence-electron chi connectivity index (χ3n) is 7.58. The maximum Gasteiger partial charge on any atom is 0.191 e. The molecule has 0 N–H and O–H groups in total. The Morgan fingerprint density at radius 2 is 1.29 bits per heavy atom. The van der Waals surface area contributed by atoms with Gasteiger partial charge in [0.1, 0.15) is 23.7 Å². The van der Waals surface area contributed by atoms with Crippen molar-refractivity contribution in [3.05, 3.63) is 95.6 Å². The Morgan fingerprint density at radius 3 is 1.80 bits per heavy atom. The first kappa shape index (κ1) is 34.8. The van der Waals surface area contributed by atoms with Gasteiger partial charge >= 0.3 is 0 Å². The van der Waals surface area contributed by atoms with Gasteiger partial charge in [-0.3, -0.25) is 0 Å². The lowest BCUT2D eigenvalue weighted by Gasteiger charge is -2.46. The molecule has 0 amide bonds. The van der Waals surface area contributed by atoms with Crippen LogP contribution >= 0.6 is 0 Å². The van der Waals surface area contributed by atoms with Crippen LogP contribution in [0.15, 0.2) is 78.9 Å². The average Bonchev–Trinajstić information content (AvgIpc) is 3.43. The standard InChI is InChI=1S/C36H48O9/c1-7-40-34(41-8-2)36(44-24-27-12-10-9-11-13-27,26-39-22-28-14-18-30(37-5)19-15-28)33(32-25-43-35(3,4)45-32)42-23-29-16-20-31(38-6)21-17-29/h9-21,32-34H,7-8,22-26H2,1-6H3/t32-,33-,36+/m1/s1. The lowest BCUT2D eigenvalue weighted by atomic mass is 9.91. The van der Waals surface area contributed by atoms with E-state index < -0.39 is 29.9 Å². The van der Waals surface area contributed by atoms with Crippen molar-refractivity contribution in [2.24, 2.45) is 0 Å². The fourth-order valence-electron chi connectivity index (χ4n) is 5.29. The molecule has 1 aliphatic heterocycles. The zero-order chi connectivity index (χ0) is 32.1. The minimum Gasteiger partial charge on any atom is -0.497 e. The van der Waals surface area contributed by atoms with Crippen molar-refractivity contribution in [1.29, 1.82) is 0 Å². The predicted molar refractivity (Wildman–Crippen MR) is 170 cm³/mol. The first-order valence-electron chi connectivity index (χ1n) is 15.5. The lowest BCUT2D eigenvalue weighted by molar-refractivity contribution is -0.318. The van der Waals surface area contributed by atoms with Crippen molar-refractivity contribution < 1.29 is 42.6 Å². The Bertz CT molecular complexity index is 1240. The quantitative estimate of drug-likeness (QED) is 0.143. The normalized spacial score (nSPS) is 18.1. The molecular weight excluding hydrogens is 576 g/mol. The van der Waals surface area contributed by atoms with Gasteiger partial charge in [0.25, 0.3) is 0 Å². The van der Waals surface area contributed by atoms with Crippen LogP contribution in [0.3, 0.4) is 0 Å². The number of methoxy groups -OCH3 is 2. The summed E-state index contributed by atoms with van der Waals surface area (Å²) in [5.41, 5.74) is 1.66. The van der Waals surface area contributed by atoms with Crippen molar-refractivity contribution in [2.75, 3.05) is 40.6 Å². The molecule has 3 aromatic carbocycles. The van der Waals surface area contributed by atoms with Gasteiger partial charge in [-0.2, -0.15) is 0 Å². The molecule has 246 valence electrons. The van der Waals surface area contributed by atoms with Crippen LogP contribution in [-0.2, 0) is 53.0 Å². The van der Waals surface area contributed by atoms with Gasteiger partial charge in [-0.15, -0.1) is 0 Å². The molecule has 1 aliphatic rings. The molecule has 0 aromatic heterocycles. The molecule has 45 heavy (non-hydrogen) atoms. The summed E-state index contributed by atoms with van der Waals surface area (Å²) in [4.78, 5) is 0. The highest BCUT2D eigenvalue weighted by Gasteiger charge is 2.56. The minimum atomic E-state index is -1.27. The number of rotatable bonds is 19. The van der Waals surface area contributed by atoms with Crippen LogP contribution < -0.4 is 9.47 Å². The lowest BCUT2D eigenvalue weighted by Crippen LogP contribution is -2.64. The van der Waals surface area contributed by atoms with E-state index in [-0.39, 0.29) is 19.8 Å². The van der Waals surface area contributed by atoms with Crippen molar-refractivity contribution in [3.63, 3.8) is 0 Å². The maximum atomic E-state index is 6.95. The van der Waals surface area contributed by atoms with Crippen molar-refractivity contribution in [1.82, 2.24) is 0 Å². The summed E-state index contributed by atoms with van der Waals surface area (Å²) in [6.45, 7) is 9.66. The van der Waals surface area contributed by atoms with Gasteiger partial charge in [0.05, 0.1) is 47.3 Å². The fraction of sp³-hybridized carbons (Fsp3) is 0.500. The molecule has 1 heterocycles. The van der Waals surface area contributed by atoms with Crippen LogP contribution in [0.25, 0.3) is 0 Å². The summed E-state index contributed by atoms with van der Waals surface area (Å²) < 4.78 is 56.1. The molecule has 0 radical (unpaired) electrons. The van der Waals surface area contributed by atoms with Crippen LogP contribution in [0.1, 0.15) is 44.4 Å². The van der Waals surface area contributed by atoms with Crippen LogP contribution in [0.5, 0.6) is 11.5 Å². The molecule has 0 unspecified atom stereocenters.